The highest BCUT2D eigenvalue weighted by Gasteiger charge is 2.29. The van der Waals surface area contributed by atoms with Gasteiger partial charge in [0.05, 0.1) is 24.4 Å². The third-order valence-corrected chi connectivity index (χ3v) is 3.63. The molecule has 0 atom stereocenters. The SMILES string of the molecule is N#Cc1ccc(OCCN(Cc2ccco2)C2CC2)cc1. The van der Waals surface area contributed by atoms with Gasteiger partial charge in [-0.15, -0.1) is 0 Å². The van der Waals surface area contributed by atoms with Crippen LogP contribution in [0.4, 0.5) is 0 Å². The van der Waals surface area contributed by atoms with Crippen LogP contribution in [-0.4, -0.2) is 24.1 Å². The Morgan fingerprint density at radius 1 is 1.24 bits per heavy atom. The van der Waals surface area contributed by atoms with Gasteiger partial charge in [-0.1, -0.05) is 0 Å². The predicted molar refractivity (Wildman–Crippen MR) is 78.8 cm³/mol. The number of furan rings is 1. The van der Waals surface area contributed by atoms with Gasteiger partial charge in [0.2, 0.25) is 0 Å². The fourth-order valence-electron chi connectivity index (χ4n) is 2.34. The van der Waals surface area contributed by atoms with Gasteiger partial charge in [0.15, 0.2) is 0 Å². The van der Waals surface area contributed by atoms with Crippen molar-refractivity contribution in [3.05, 3.63) is 54.0 Å². The van der Waals surface area contributed by atoms with Gasteiger partial charge in [-0.05, 0) is 49.2 Å². The van der Waals surface area contributed by atoms with Crippen molar-refractivity contribution in [3.8, 4) is 11.8 Å². The van der Waals surface area contributed by atoms with E-state index in [-0.39, 0.29) is 0 Å². The zero-order valence-electron chi connectivity index (χ0n) is 11.9. The average Bonchev–Trinajstić information content (AvgIpc) is 3.24. The van der Waals surface area contributed by atoms with Crippen LogP contribution in [0.5, 0.6) is 5.75 Å². The summed E-state index contributed by atoms with van der Waals surface area (Å²) in [6.45, 7) is 2.36. The fraction of sp³-hybridized carbons (Fsp3) is 0.353. The molecule has 1 aromatic heterocycles. The number of rotatable bonds is 7. The van der Waals surface area contributed by atoms with E-state index in [1.165, 1.54) is 12.8 Å². The number of nitriles is 1. The molecule has 0 bridgehead atoms. The molecular weight excluding hydrogens is 264 g/mol. The second-order valence-corrected chi connectivity index (χ2v) is 5.27. The molecule has 0 aliphatic heterocycles. The molecule has 1 heterocycles. The summed E-state index contributed by atoms with van der Waals surface area (Å²) in [4.78, 5) is 2.41. The molecule has 21 heavy (non-hydrogen) atoms. The Balaban J connectivity index is 1.49. The maximum Gasteiger partial charge on any atom is 0.119 e. The lowest BCUT2D eigenvalue weighted by atomic mass is 10.2. The van der Waals surface area contributed by atoms with Gasteiger partial charge in [-0.3, -0.25) is 4.90 Å². The van der Waals surface area contributed by atoms with Crippen molar-refractivity contribution in [1.82, 2.24) is 4.90 Å². The van der Waals surface area contributed by atoms with Crippen LogP contribution in [0.1, 0.15) is 24.2 Å². The number of benzene rings is 1. The van der Waals surface area contributed by atoms with Gasteiger partial charge >= 0.3 is 0 Å². The Morgan fingerprint density at radius 3 is 2.67 bits per heavy atom. The van der Waals surface area contributed by atoms with Gasteiger partial charge < -0.3 is 9.15 Å². The number of hydrogen-bond donors (Lipinski definition) is 0. The van der Waals surface area contributed by atoms with Gasteiger partial charge in [-0.25, -0.2) is 0 Å². The van der Waals surface area contributed by atoms with Gasteiger partial charge in [-0.2, -0.15) is 5.26 Å². The van der Waals surface area contributed by atoms with Crippen LogP contribution >= 0.6 is 0 Å². The van der Waals surface area contributed by atoms with Crippen molar-refractivity contribution >= 4 is 0 Å². The largest absolute Gasteiger partial charge is 0.492 e. The molecule has 108 valence electrons. The van der Waals surface area contributed by atoms with E-state index in [0.29, 0.717) is 18.2 Å². The Hall–Kier alpha value is -2.25. The van der Waals surface area contributed by atoms with Crippen LogP contribution < -0.4 is 4.74 Å². The zero-order valence-corrected chi connectivity index (χ0v) is 11.9. The number of ether oxygens (including phenoxy) is 1. The molecule has 1 aliphatic rings. The molecule has 1 saturated carbocycles. The lowest BCUT2D eigenvalue weighted by Crippen LogP contribution is -2.30. The molecule has 0 saturated heterocycles. The Labute approximate surface area is 124 Å². The van der Waals surface area contributed by atoms with Crippen LogP contribution in [0.25, 0.3) is 0 Å². The molecule has 0 amide bonds. The van der Waals surface area contributed by atoms with Gasteiger partial charge in [0, 0.05) is 12.6 Å². The van der Waals surface area contributed by atoms with Crippen LogP contribution in [0, 0.1) is 11.3 Å². The standard InChI is InChI=1S/C17H18N2O2/c18-12-14-3-7-16(8-4-14)21-11-9-19(15-5-6-15)13-17-2-1-10-20-17/h1-4,7-8,10,15H,5-6,9,11,13H2. The maximum absolute atomic E-state index is 8.76. The summed E-state index contributed by atoms with van der Waals surface area (Å²) in [7, 11) is 0. The van der Waals surface area contributed by atoms with Crippen molar-refractivity contribution in [2.75, 3.05) is 13.2 Å². The molecule has 1 aromatic carbocycles. The quantitative estimate of drug-likeness (QED) is 0.782. The predicted octanol–water partition coefficient (Wildman–Crippen LogP) is 3.19. The number of nitrogens with zero attached hydrogens (tertiary/aromatic N) is 2. The van der Waals surface area contributed by atoms with E-state index >= 15 is 0 Å². The minimum absolute atomic E-state index is 0.642. The lowest BCUT2D eigenvalue weighted by Gasteiger charge is -2.20. The van der Waals surface area contributed by atoms with E-state index in [1.807, 2.05) is 24.3 Å². The van der Waals surface area contributed by atoms with E-state index in [9.17, 15) is 0 Å². The van der Waals surface area contributed by atoms with E-state index in [4.69, 9.17) is 14.4 Å². The second-order valence-electron chi connectivity index (χ2n) is 5.27. The first-order valence-electron chi connectivity index (χ1n) is 7.24. The maximum atomic E-state index is 8.76. The molecule has 0 N–H and O–H groups in total. The molecule has 0 spiro atoms. The fourth-order valence-corrected chi connectivity index (χ4v) is 2.34. The first-order chi connectivity index (χ1) is 10.3. The minimum Gasteiger partial charge on any atom is -0.492 e. The van der Waals surface area contributed by atoms with Crippen LogP contribution in [0.15, 0.2) is 47.1 Å². The summed E-state index contributed by atoms with van der Waals surface area (Å²) in [5.41, 5.74) is 0.653. The van der Waals surface area contributed by atoms with E-state index in [1.54, 1.807) is 18.4 Å². The van der Waals surface area contributed by atoms with Crippen molar-refractivity contribution < 1.29 is 9.15 Å². The summed E-state index contributed by atoms with van der Waals surface area (Å²) >= 11 is 0. The minimum atomic E-state index is 0.642. The monoisotopic (exact) mass is 282 g/mol. The smallest absolute Gasteiger partial charge is 0.119 e. The Kier molecular flexibility index (Phi) is 4.23. The summed E-state index contributed by atoms with van der Waals surface area (Å²) < 4.78 is 11.2. The summed E-state index contributed by atoms with van der Waals surface area (Å²) in [6.07, 6.45) is 4.24. The molecular formula is C17H18N2O2. The molecule has 2 aromatic rings. The first kappa shape index (κ1) is 13.7. The van der Waals surface area contributed by atoms with Crippen LogP contribution in [0.2, 0.25) is 0 Å². The zero-order chi connectivity index (χ0) is 14.5. The Morgan fingerprint density at radius 2 is 2.05 bits per heavy atom. The van der Waals surface area contributed by atoms with E-state index < -0.39 is 0 Å². The molecule has 3 rings (SSSR count). The van der Waals surface area contributed by atoms with Crippen molar-refractivity contribution in [2.45, 2.75) is 25.4 Å². The molecule has 0 unspecified atom stereocenters. The molecule has 1 fully saturated rings. The second kappa shape index (κ2) is 6.47. The normalized spacial score (nSPS) is 14.1. The third kappa shape index (κ3) is 3.87. The van der Waals surface area contributed by atoms with E-state index in [0.717, 1.165) is 24.6 Å². The van der Waals surface area contributed by atoms with Gasteiger partial charge in [0.25, 0.3) is 0 Å². The van der Waals surface area contributed by atoms with Crippen molar-refractivity contribution in [1.29, 1.82) is 5.26 Å². The van der Waals surface area contributed by atoms with Gasteiger partial charge in [0.1, 0.15) is 18.1 Å². The molecule has 4 heteroatoms. The average molecular weight is 282 g/mol. The summed E-state index contributed by atoms with van der Waals surface area (Å²) in [6, 6.07) is 13.9. The van der Waals surface area contributed by atoms with Crippen LogP contribution in [-0.2, 0) is 6.54 Å². The summed E-state index contributed by atoms with van der Waals surface area (Å²) in [5, 5.41) is 8.76. The molecule has 0 radical (unpaired) electrons. The summed E-state index contributed by atoms with van der Waals surface area (Å²) in [5.74, 6) is 1.81. The number of hydrogen-bond acceptors (Lipinski definition) is 4. The first-order valence-corrected chi connectivity index (χ1v) is 7.24. The molecule has 1 aliphatic carbocycles. The van der Waals surface area contributed by atoms with Crippen LogP contribution in [0.3, 0.4) is 0 Å². The lowest BCUT2D eigenvalue weighted by molar-refractivity contribution is 0.184. The molecule has 4 nitrogen and oxygen atoms in total. The van der Waals surface area contributed by atoms with E-state index in [2.05, 4.69) is 11.0 Å². The highest BCUT2D eigenvalue weighted by atomic mass is 16.5. The topological polar surface area (TPSA) is 49.4 Å². The van der Waals surface area contributed by atoms with Crippen molar-refractivity contribution in [2.24, 2.45) is 0 Å². The highest BCUT2D eigenvalue weighted by molar-refractivity contribution is 5.34. The highest BCUT2D eigenvalue weighted by Crippen LogP contribution is 2.28. The Bertz CT molecular complexity index is 595. The third-order valence-electron chi connectivity index (χ3n) is 3.63. The van der Waals surface area contributed by atoms with Crippen molar-refractivity contribution in [3.63, 3.8) is 0 Å².